The first-order valence-electron chi connectivity index (χ1n) is 8.26. The molecule has 3 heteroatoms. The molecule has 1 unspecified atom stereocenters. The van der Waals surface area contributed by atoms with Gasteiger partial charge < -0.3 is 4.90 Å². The first-order chi connectivity index (χ1) is 9.63. The molecule has 0 radical (unpaired) electrons. The fourth-order valence-corrected chi connectivity index (χ4v) is 2.28. The highest BCUT2D eigenvalue weighted by Gasteiger charge is 2.14. The summed E-state index contributed by atoms with van der Waals surface area (Å²) in [7, 11) is 1.80. The van der Waals surface area contributed by atoms with E-state index in [9.17, 15) is 4.79 Å². The summed E-state index contributed by atoms with van der Waals surface area (Å²) in [6, 6.07) is 2.15. The van der Waals surface area contributed by atoms with Crippen LogP contribution in [0.2, 0.25) is 0 Å². The Labute approximate surface area is 125 Å². The second-order valence-electron chi connectivity index (χ2n) is 5.79. The number of nitrogens with zero attached hydrogens (tertiary/aromatic N) is 2. The Morgan fingerprint density at radius 1 is 1.05 bits per heavy atom. The van der Waals surface area contributed by atoms with Gasteiger partial charge in [-0.2, -0.15) is 5.26 Å². The van der Waals surface area contributed by atoms with Gasteiger partial charge in [-0.1, -0.05) is 58.3 Å². The van der Waals surface area contributed by atoms with Crippen molar-refractivity contribution < 1.29 is 4.79 Å². The van der Waals surface area contributed by atoms with E-state index in [2.05, 4.69) is 13.0 Å². The van der Waals surface area contributed by atoms with E-state index in [1.165, 1.54) is 44.9 Å². The van der Waals surface area contributed by atoms with E-state index in [0.29, 0.717) is 12.8 Å². The zero-order chi connectivity index (χ0) is 15.2. The van der Waals surface area contributed by atoms with Crippen LogP contribution in [0.1, 0.15) is 84.5 Å². The maximum atomic E-state index is 11.9. The summed E-state index contributed by atoms with van der Waals surface area (Å²) >= 11 is 0. The van der Waals surface area contributed by atoms with E-state index in [4.69, 9.17) is 5.26 Å². The van der Waals surface area contributed by atoms with E-state index in [-0.39, 0.29) is 11.9 Å². The van der Waals surface area contributed by atoms with Gasteiger partial charge in [0.1, 0.15) is 0 Å². The molecule has 0 aromatic rings. The monoisotopic (exact) mass is 280 g/mol. The molecule has 0 bridgehead atoms. The molecule has 0 fully saturated rings. The van der Waals surface area contributed by atoms with Gasteiger partial charge >= 0.3 is 0 Å². The molecule has 0 saturated heterocycles. The minimum absolute atomic E-state index is 0.0334. The number of rotatable bonds is 12. The molecule has 1 amide bonds. The van der Waals surface area contributed by atoms with E-state index < -0.39 is 0 Å². The maximum absolute atomic E-state index is 11.9. The Hall–Kier alpha value is -1.04. The molecule has 0 aromatic carbocycles. The first-order valence-corrected chi connectivity index (χ1v) is 8.26. The molecule has 0 aliphatic rings. The molecule has 0 rings (SSSR count). The Kier molecular flexibility index (Phi) is 12.3. The lowest BCUT2D eigenvalue weighted by Gasteiger charge is -2.22. The smallest absolute Gasteiger partial charge is 0.222 e. The number of carbonyl (C=O) groups is 1. The van der Waals surface area contributed by atoms with Crippen LogP contribution in [-0.2, 0) is 4.79 Å². The fraction of sp³-hybridized carbons (Fsp3) is 0.882. The second-order valence-corrected chi connectivity index (χ2v) is 5.79. The normalized spacial score (nSPS) is 11.9. The van der Waals surface area contributed by atoms with Crippen LogP contribution < -0.4 is 0 Å². The third kappa shape index (κ3) is 9.83. The summed E-state index contributed by atoms with van der Waals surface area (Å²) in [5, 5.41) is 8.63. The van der Waals surface area contributed by atoms with Crippen LogP contribution in [0.3, 0.4) is 0 Å². The number of hydrogen-bond acceptors (Lipinski definition) is 2. The summed E-state index contributed by atoms with van der Waals surface area (Å²) < 4.78 is 0. The van der Waals surface area contributed by atoms with Crippen molar-refractivity contribution in [1.29, 1.82) is 5.26 Å². The van der Waals surface area contributed by atoms with E-state index in [0.717, 1.165) is 12.8 Å². The Morgan fingerprint density at radius 3 is 2.05 bits per heavy atom. The zero-order valence-electron chi connectivity index (χ0n) is 13.7. The molecular formula is C17H32N2O. The summed E-state index contributed by atoms with van der Waals surface area (Å²) in [4.78, 5) is 13.6. The molecule has 0 spiro atoms. The maximum Gasteiger partial charge on any atom is 0.222 e. The standard InChI is InChI=1S/C17H32N2O/c1-4-5-6-7-8-9-10-11-12-13-17(20)19(3)16(2)14-15-18/h16H,4-14H2,1-3H3. The minimum atomic E-state index is 0.0334. The van der Waals surface area contributed by atoms with Crippen LogP contribution in [0.5, 0.6) is 0 Å². The highest BCUT2D eigenvalue weighted by atomic mass is 16.2. The van der Waals surface area contributed by atoms with Gasteiger partial charge in [-0.05, 0) is 13.3 Å². The van der Waals surface area contributed by atoms with Crippen LogP contribution in [0.25, 0.3) is 0 Å². The molecule has 3 nitrogen and oxygen atoms in total. The predicted octanol–water partition coefficient (Wildman–Crippen LogP) is 4.67. The molecular weight excluding hydrogens is 248 g/mol. The van der Waals surface area contributed by atoms with Crippen molar-refractivity contribution in [2.24, 2.45) is 0 Å². The van der Waals surface area contributed by atoms with E-state index in [1.54, 1.807) is 11.9 Å². The van der Waals surface area contributed by atoms with E-state index >= 15 is 0 Å². The lowest BCUT2D eigenvalue weighted by atomic mass is 10.1. The summed E-state index contributed by atoms with van der Waals surface area (Å²) in [5.74, 6) is 0.177. The van der Waals surface area contributed by atoms with Crippen LogP contribution >= 0.6 is 0 Å². The van der Waals surface area contributed by atoms with Gasteiger partial charge in [0.2, 0.25) is 5.91 Å². The van der Waals surface area contributed by atoms with Crippen molar-refractivity contribution >= 4 is 5.91 Å². The number of nitriles is 1. The van der Waals surface area contributed by atoms with Gasteiger partial charge in [0.25, 0.3) is 0 Å². The van der Waals surface area contributed by atoms with E-state index in [1.807, 2.05) is 6.92 Å². The molecule has 1 atom stereocenters. The molecule has 20 heavy (non-hydrogen) atoms. The average molecular weight is 280 g/mol. The third-order valence-electron chi connectivity index (χ3n) is 3.94. The van der Waals surface area contributed by atoms with Gasteiger partial charge in [0.15, 0.2) is 0 Å². The van der Waals surface area contributed by atoms with Gasteiger partial charge in [-0.3, -0.25) is 4.79 Å². The van der Waals surface area contributed by atoms with Crippen molar-refractivity contribution in [3.05, 3.63) is 0 Å². The quantitative estimate of drug-likeness (QED) is 0.488. The highest BCUT2D eigenvalue weighted by Crippen LogP contribution is 2.11. The van der Waals surface area contributed by atoms with Gasteiger partial charge in [0, 0.05) is 19.5 Å². The molecule has 0 aromatic heterocycles. The first kappa shape index (κ1) is 19.0. The Morgan fingerprint density at radius 2 is 1.55 bits per heavy atom. The summed E-state index contributed by atoms with van der Waals surface area (Å²) in [6.45, 7) is 4.17. The molecule has 0 N–H and O–H groups in total. The van der Waals surface area contributed by atoms with Gasteiger partial charge in [-0.25, -0.2) is 0 Å². The average Bonchev–Trinajstić information content (AvgIpc) is 2.44. The molecule has 0 saturated carbocycles. The second kappa shape index (κ2) is 13.0. The molecule has 0 heterocycles. The molecule has 0 aliphatic carbocycles. The summed E-state index contributed by atoms with van der Waals surface area (Å²) in [5.41, 5.74) is 0. The third-order valence-corrected chi connectivity index (χ3v) is 3.94. The van der Waals surface area contributed by atoms with Gasteiger partial charge in [0.05, 0.1) is 12.5 Å². The van der Waals surface area contributed by atoms with Crippen molar-refractivity contribution in [1.82, 2.24) is 4.90 Å². The van der Waals surface area contributed by atoms with Crippen LogP contribution in [0.4, 0.5) is 0 Å². The Balaban J connectivity index is 3.46. The van der Waals surface area contributed by atoms with Crippen molar-refractivity contribution in [3.8, 4) is 6.07 Å². The molecule has 0 aliphatic heterocycles. The van der Waals surface area contributed by atoms with Crippen LogP contribution in [0.15, 0.2) is 0 Å². The number of hydrogen-bond donors (Lipinski definition) is 0. The highest BCUT2D eigenvalue weighted by molar-refractivity contribution is 5.76. The van der Waals surface area contributed by atoms with Crippen LogP contribution in [0, 0.1) is 11.3 Å². The lowest BCUT2D eigenvalue weighted by Crippen LogP contribution is -2.34. The fourth-order valence-electron chi connectivity index (χ4n) is 2.28. The number of carbonyl (C=O) groups excluding carboxylic acids is 1. The lowest BCUT2D eigenvalue weighted by molar-refractivity contribution is -0.131. The predicted molar refractivity (Wildman–Crippen MR) is 84.3 cm³/mol. The number of unbranched alkanes of at least 4 members (excludes halogenated alkanes) is 8. The largest absolute Gasteiger partial charge is 0.342 e. The van der Waals surface area contributed by atoms with Gasteiger partial charge in [-0.15, -0.1) is 0 Å². The van der Waals surface area contributed by atoms with Crippen molar-refractivity contribution in [2.75, 3.05) is 7.05 Å². The van der Waals surface area contributed by atoms with Crippen molar-refractivity contribution in [3.63, 3.8) is 0 Å². The SMILES string of the molecule is CCCCCCCCCCCC(=O)N(C)C(C)CC#N. The number of amides is 1. The minimum Gasteiger partial charge on any atom is -0.342 e. The summed E-state index contributed by atoms with van der Waals surface area (Å²) in [6.07, 6.45) is 12.5. The molecule has 116 valence electrons. The van der Waals surface area contributed by atoms with Crippen LogP contribution in [-0.4, -0.2) is 23.9 Å². The topological polar surface area (TPSA) is 44.1 Å². The zero-order valence-corrected chi connectivity index (χ0v) is 13.7. The van der Waals surface area contributed by atoms with Crippen molar-refractivity contribution in [2.45, 2.75) is 90.5 Å². The Bertz CT molecular complexity index is 283.